The summed E-state index contributed by atoms with van der Waals surface area (Å²) in [5.74, 6) is 2.77. The van der Waals surface area contributed by atoms with Crippen LogP contribution in [0, 0.1) is 11.8 Å². The van der Waals surface area contributed by atoms with Crippen LogP contribution in [0.1, 0.15) is 44.9 Å². The van der Waals surface area contributed by atoms with Crippen LogP contribution in [-0.4, -0.2) is 31.6 Å². The minimum absolute atomic E-state index is 0.324. The molecule has 1 heterocycles. The largest absolute Gasteiger partial charge is 0.468 e. The van der Waals surface area contributed by atoms with Crippen molar-refractivity contribution in [1.82, 2.24) is 10.2 Å². The fourth-order valence-corrected chi connectivity index (χ4v) is 3.03. The smallest absolute Gasteiger partial charge is 0.122 e. The van der Waals surface area contributed by atoms with Gasteiger partial charge in [0.2, 0.25) is 0 Å². The molecule has 0 radical (unpaired) electrons. The van der Waals surface area contributed by atoms with Crippen LogP contribution in [0.15, 0.2) is 22.8 Å². The Balaban J connectivity index is 1.86. The summed E-state index contributed by atoms with van der Waals surface area (Å²) in [5, 5.41) is 3.74. The van der Waals surface area contributed by atoms with E-state index in [1.165, 1.54) is 19.3 Å². The first-order valence-electron chi connectivity index (χ1n) is 7.51. The Morgan fingerprint density at radius 2 is 2.11 bits per heavy atom. The van der Waals surface area contributed by atoms with Gasteiger partial charge in [0.15, 0.2) is 0 Å². The summed E-state index contributed by atoms with van der Waals surface area (Å²) < 4.78 is 5.55. The van der Waals surface area contributed by atoms with E-state index in [4.69, 9.17) is 4.42 Å². The molecule has 1 aliphatic rings. The van der Waals surface area contributed by atoms with Gasteiger partial charge in [-0.1, -0.05) is 13.8 Å². The van der Waals surface area contributed by atoms with Crippen molar-refractivity contribution in [2.45, 2.75) is 45.2 Å². The molecule has 0 amide bonds. The number of hydrogen-bond acceptors (Lipinski definition) is 3. The first kappa shape index (κ1) is 14.6. The second kappa shape index (κ2) is 6.58. The highest BCUT2D eigenvalue weighted by Gasteiger charge is 2.25. The molecule has 0 saturated heterocycles. The Morgan fingerprint density at radius 1 is 1.32 bits per heavy atom. The quantitative estimate of drug-likeness (QED) is 0.884. The van der Waals surface area contributed by atoms with Gasteiger partial charge in [0.25, 0.3) is 0 Å². The van der Waals surface area contributed by atoms with Gasteiger partial charge in [-0.25, -0.2) is 0 Å². The van der Waals surface area contributed by atoms with Crippen molar-refractivity contribution in [2.24, 2.45) is 11.8 Å². The normalized spacial score (nSPS) is 29.6. The standard InChI is InChI=1S/C16H28N2O/c1-12-7-8-14(10-13(12)2)17-11-15(18(3)4)16-6-5-9-19-16/h5-6,9,12-15,17H,7-8,10-11H2,1-4H3. The third kappa shape index (κ3) is 3.83. The summed E-state index contributed by atoms with van der Waals surface area (Å²) in [7, 11) is 4.22. The Bertz CT molecular complexity index is 361. The summed E-state index contributed by atoms with van der Waals surface area (Å²) in [6, 6.07) is 5.03. The van der Waals surface area contributed by atoms with Crippen LogP contribution in [-0.2, 0) is 0 Å². The maximum absolute atomic E-state index is 5.55. The van der Waals surface area contributed by atoms with Gasteiger partial charge in [-0.3, -0.25) is 4.90 Å². The van der Waals surface area contributed by atoms with Crippen molar-refractivity contribution < 1.29 is 4.42 Å². The maximum atomic E-state index is 5.55. The van der Waals surface area contributed by atoms with Crippen LogP contribution in [0.3, 0.4) is 0 Å². The van der Waals surface area contributed by atoms with Crippen LogP contribution in [0.4, 0.5) is 0 Å². The number of rotatable bonds is 5. The van der Waals surface area contributed by atoms with Gasteiger partial charge in [-0.2, -0.15) is 0 Å². The van der Waals surface area contributed by atoms with Crippen LogP contribution in [0.25, 0.3) is 0 Å². The molecular weight excluding hydrogens is 236 g/mol. The van der Waals surface area contributed by atoms with E-state index < -0.39 is 0 Å². The summed E-state index contributed by atoms with van der Waals surface area (Å²) in [4.78, 5) is 2.22. The van der Waals surface area contributed by atoms with Crippen molar-refractivity contribution in [3.63, 3.8) is 0 Å². The van der Waals surface area contributed by atoms with Crippen LogP contribution in [0.5, 0.6) is 0 Å². The number of nitrogens with zero attached hydrogens (tertiary/aromatic N) is 1. The zero-order valence-electron chi connectivity index (χ0n) is 12.7. The van der Waals surface area contributed by atoms with Crippen molar-refractivity contribution >= 4 is 0 Å². The molecule has 3 nitrogen and oxygen atoms in total. The van der Waals surface area contributed by atoms with Crippen molar-refractivity contribution in [2.75, 3.05) is 20.6 Å². The lowest BCUT2D eigenvalue weighted by Gasteiger charge is -2.34. The molecule has 1 aliphatic carbocycles. The second-order valence-electron chi connectivity index (χ2n) is 6.37. The Hall–Kier alpha value is -0.800. The lowest BCUT2D eigenvalue weighted by atomic mass is 9.79. The highest BCUT2D eigenvalue weighted by Crippen LogP contribution is 2.29. The van der Waals surface area contributed by atoms with Gasteiger partial charge in [0.05, 0.1) is 12.3 Å². The predicted molar refractivity (Wildman–Crippen MR) is 79.1 cm³/mol. The van der Waals surface area contributed by atoms with Crippen LogP contribution in [0.2, 0.25) is 0 Å². The van der Waals surface area contributed by atoms with E-state index in [0.29, 0.717) is 12.1 Å². The van der Waals surface area contributed by atoms with E-state index >= 15 is 0 Å². The van der Waals surface area contributed by atoms with Gasteiger partial charge < -0.3 is 9.73 Å². The molecular formula is C16H28N2O. The zero-order chi connectivity index (χ0) is 13.8. The van der Waals surface area contributed by atoms with Crippen molar-refractivity contribution in [3.05, 3.63) is 24.2 Å². The molecule has 0 spiro atoms. The SMILES string of the molecule is CC1CCC(NCC(c2ccco2)N(C)C)CC1C. The Kier molecular flexibility index (Phi) is 5.06. The zero-order valence-corrected chi connectivity index (χ0v) is 12.7. The maximum Gasteiger partial charge on any atom is 0.122 e. The van der Waals surface area contributed by atoms with E-state index in [2.05, 4.69) is 44.2 Å². The van der Waals surface area contributed by atoms with Crippen LogP contribution < -0.4 is 5.32 Å². The first-order chi connectivity index (χ1) is 9.08. The summed E-state index contributed by atoms with van der Waals surface area (Å²) in [6.07, 6.45) is 5.73. The predicted octanol–water partition coefficient (Wildman–Crippen LogP) is 3.30. The molecule has 2 rings (SSSR count). The molecule has 0 aromatic carbocycles. The second-order valence-corrected chi connectivity index (χ2v) is 6.37. The lowest BCUT2D eigenvalue weighted by Crippen LogP contribution is -2.40. The van der Waals surface area contributed by atoms with Crippen molar-refractivity contribution in [3.8, 4) is 0 Å². The fraction of sp³-hybridized carbons (Fsp3) is 0.750. The van der Waals surface area contributed by atoms with E-state index in [1.807, 2.05) is 6.07 Å². The van der Waals surface area contributed by atoms with E-state index in [9.17, 15) is 0 Å². The lowest BCUT2D eigenvalue weighted by molar-refractivity contribution is 0.199. The monoisotopic (exact) mass is 264 g/mol. The minimum atomic E-state index is 0.324. The fourth-order valence-electron chi connectivity index (χ4n) is 3.03. The average Bonchev–Trinajstić information content (AvgIpc) is 2.87. The molecule has 0 bridgehead atoms. The minimum Gasteiger partial charge on any atom is -0.468 e. The van der Waals surface area contributed by atoms with Gasteiger partial charge >= 0.3 is 0 Å². The molecule has 4 atom stereocenters. The Labute approximate surface area is 117 Å². The summed E-state index contributed by atoms with van der Waals surface area (Å²) in [5.41, 5.74) is 0. The van der Waals surface area contributed by atoms with Gasteiger partial charge in [0.1, 0.15) is 5.76 Å². The first-order valence-corrected chi connectivity index (χ1v) is 7.51. The van der Waals surface area contributed by atoms with Crippen LogP contribution >= 0.6 is 0 Å². The highest BCUT2D eigenvalue weighted by molar-refractivity contribution is 5.05. The number of likely N-dealkylation sites (N-methyl/N-ethyl adjacent to an activating group) is 1. The number of hydrogen-bond donors (Lipinski definition) is 1. The van der Waals surface area contributed by atoms with E-state index in [0.717, 1.165) is 24.1 Å². The van der Waals surface area contributed by atoms with E-state index in [-0.39, 0.29) is 0 Å². The molecule has 1 N–H and O–H groups in total. The van der Waals surface area contributed by atoms with Gasteiger partial charge in [0, 0.05) is 12.6 Å². The van der Waals surface area contributed by atoms with Crippen molar-refractivity contribution in [1.29, 1.82) is 0 Å². The summed E-state index contributed by atoms with van der Waals surface area (Å²) in [6.45, 7) is 5.73. The molecule has 0 aliphatic heterocycles. The molecule has 19 heavy (non-hydrogen) atoms. The third-order valence-corrected chi connectivity index (χ3v) is 4.69. The number of nitrogens with one attached hydrogen (secondary N) is 1. The molecule has 1 saturated carbocycles. The topological polar surface area (TPSA) is 28.4 Å². The third-order valence-electron chi connectivity index (χ3n) is 4.69. The van der Waals surface area contributed by atoms with Gasteiger partial charge in [-0.15, -0.1) is 0 Å². The molecule has 4 unspecified atom stereocenters. The molecule has 1 aromatic rings. The highest BCUT2D eigenvalue weighted by atomic mass is 16.3. The molecule has 3 heteroatoms. The number of furan rings is 1. The molecule has 1 fully saturated rings. The molecule has 1 aromatic heterocycles. The average molecular weight is 264 g/mol. The molecule has 108 valence electrons. The summed E-state index contributed by atoms with van der Waals surface area (Å²) >= 11 is 0. The van der Waals surface area contributed by atoms with Gasteiger partial charge in [-0.05, 0) is 57.3 Å². The van der Waals surface area contributed by atoms with E-state index in [1.54, 1.807) is 6.26 Å². The Morgan fingerprint density at radius 3 is 2.68 bits per heavy atom.